The van der Waals surface area contributed by atoms with E-state index in [0.29, 0.717) is 23.2 Å². The van der Waals surface area contributed by atoms with Gasteiger partial charge in [0.05, 0.1) is 0 Å². The number of hydrogen-bond donors (Lipinski definition) is 0. The lowest BCUT2D eigenvalue weighted by Gasteiger charge is -2.13. The van der Waals surface area contributed by atoms with E-state index in [-0.39, 0.29) is 0 Å². The van der Waals surface area contributed by atoms with Crippen LogP contribution >= 0.6 is 11.6 Å². The smallest absolute Gasteiger partial charge is 0.309 e. The van der Waals surface area contributed by atoms with Gasteiger partial charge in [0.1, 0.15) is 0 Å². The van der Waals surface area contributed by atoms with E-state index in [0.717, 1.165) is 18.4 Å². The Labute approximate surface area is 134 Å². The standard InChI is InChI=1S/C17H19ClN2O2/c1-12-10-14(6-7-15(12)18)20-9-8-19(16(21)17(20)22)11-13-4-2-3-5-13/h6-10,13H,2-5,11H2,1H3. The molecule has 0 spiro atoms. The largest absolute Gasteiger partial charge is 0.320 e. The molecule has 0 N–H and O–H groups in total. The monoisotopic (exact) mass is 318 g/mol. The van der Waals surface area contributed by atoms with Crippen LogP contribution in [0.2, 0.25) is 5.02 Å². The van der Waals surface area contributed by atoms with Crippen LogP contribution in [0.3, 0.4) is 0 Å². The Balaban J connectivity index is 1.97. The van der Waals surface area contributed by atoms with E-state index < -0.39 is 11.1 Å². The van der Waals surface area contributed by atoms with Gasteiger partial charge in [-0.05, 0) is 49.4 Å². The summed E-state index contributed by atoms with van der Waals surface area (Å²) in [7, 11) is 0. The molecular weight excluding hydrogens is 300 g/mol. The lowest BCUT2D eigenvalue weighted by Crippen LogP contribution is -2.40. The van der Waals surface area contributed by atoms with Crippen LogP contribution in [0.1, 0.15) is 31.2 Å². The summed E-state index contributed by atoms with van der Waals surface area (Å²) in [5, 5.41) is 0.645. The van der Waals surface area contributed by atoms with E-state index >= 15 is 0 Å². The van der Waals surface area contributed by atoms with Crippen LogP contribution in [0.25, 0.3) is 5.69 Å². The molecule has 116 valence electrons. The van der Waals surface area contributed by atoms with E-state index in [1.54, 1.807) is 29.1 Å². The van der Waals surface area contributed by atoms with Gasteiger partial charge in [-0.3, -0.25) is 14.2 Å². The zero-order chi connectivity index (χ0) is 15.7. The number of benzene rings is 1. The second kappa shape index (κ2) is 6.13. The summed E-state index contributed by atoms with van der Waals surface area (Å²) < 4.78 is 2.94. The molecule has 0 atom stereocenters. The molecule has 0 amide bonds. The molecule has 0 unspecified atom stereocenters. The highest BCUT2D eigenvalue weighted by molar-refractivity contribution is 6.31. The molecule has 1 aromatic heterocycles. The maximum Gasteiger partial charge on any atom is 0.320 e. The van der Waals surface area contributed by atoms with Gasteiger partial charge in [-0.1, -0.05) is 24.4 Å². The average Bonchev–Trinajstić information content (AvgIpc) is 3.00. The molecule has 4 nitrogen and oxygen atoms in total. The quantitative estimate of drug-likeness (QED) is 0.816. The Bertz CT molecular complexity index is 801. The summed E-state index contributed by atoms with van der Waals surface area (Å²) in [6.07, 6.45) is 8.12. The maximum absolute atomic E-state index is 12.4. The molecule has 5 heteroatoms. The van der Waals surface area contributed by atoms with Crippen LogP contribution in [-0.4, -0.2) is 9.13 Å². The van der Waals surface area contributed by atoms with Crippen molar-refractivity contribution in [1.29, 1.82) is 0 Å². The van der Waals surface area contributed by atoms with Gasteiger partial charge < -0.3 is 4.57 Å². The van der Waals surface area contributed by atoms with Crippen LogP contribution in [0, 0.1) is 12.8 Å². The van der Waals surface area contributed by atoms with Crippen molar-refractivity contribution in [3.05, 3.63) is 61.9 Å². The first-order valence-corrected chi connectivity index (χ1v) is 8.02. The molecule has 0 bridgehead atoms. The molecule has 1 heterocycles. The molecule has 1 aromatic carbocycles. The van der Waals surface area contributed by atoms with E-state index in [1.807, 2.05) is 13.0 Å². The number of halogens is 1. The number of aryl methyl sites for hydroxylation is 1. The maximum atomic E-state index is 12.4. The predicted octanol–water partition coefficient (Wildman–Crippen LogP) is 3.15. The first-order chi connectivity index (χ1) is 10.6. The van der Waals surface area contributed by atoms with Crippen molar-refractivity contribution in [3.63, 3.8) is 0 Å². The molecule has 0 radical (unpaired) electrons. The fraction of sp³-hybridized carbons (Fsp3) is 0.412. The van der Waals surface area contributed by atoms with Crippen molar-refractivity contribution in [2.45, 2.75) is 39.2 Å². The van der Waals surface area contributed by atoms with Gasteiger partial charge >= 0.3 is 11.1 Å². The van der Waals surface area contributed by atoms with Crippen LogP contribution in [0.4, 0.5) is 0 Å². The summed E-state index contributed by atoms with van der Waals surface area (Å²) in [6.45, 7) is 2.52. The van der Waals surface area contributed by atoms with Crippen molar-refractivity contribution >= 4 is 11.6 Å². The first-order valence-electron chi connectivity index (χ1n) is 7.65. The molecule has 1 aliphatic carbocycles. The molecule has 0 aliphatic heterocycles. The van der Waals surface area contributed by atoms with Gasteiger partial charge in [0.2, 0.25) is 0 Å². The minimum absolute atomic E-state index is 0.456. The summed E-state index contributed by atoms with van der Waals surface area (Å²) in [4.78, 5) is 24.7. The lowest BCUT2D eigenvalue weighted by atomic mass is 10.1. The molecule has 1 saturated carbocycles. The SMILES string of the molecule is Cc1cc(-n2ccn(CC3CCCC3)c(=O)c2=O)ccc1Cl. The van der Waals surface area contributed by atoms with Crippen LogP contribution in [0.15, 0.2) is 40.2 Å². The lowest BCUT2D eigenvalue weighted by molar-refractivity contribution is 0.445. The number of nitrogens with zero attached hydrogens (tertiary/aromatic N) is 2. The highest BCUT2D eigenvalue weighted by Crippen LogP contribution is 2.25. The van der Waals surface area contributed by atoms with Gasteiger partial charge in [-0.2, -0.15) is 0 Å². The van der Waals surface area contributed by atoms with Crippen molar-refractivity contribution in [3.8, 4) is 5.69 Å². The van der Waals surface area contributed by atoms with Gasteiger partial charge in [0, 0.05) is 29.6 Å². The Kier molecular flexibility index (Phi) is 4.21. The van der Waals surface area contributed by atoms with Crippen molar-refractivity contribution in [2.24, 2.45) is 5.92 Å². The van der Waals surface area contributed by atoms with Crippen LogP contribution < -0.4 is 11.1 Å². The number of rotatable bonds is 3. The third-order valence-electron chi connectivity index (χ3n) is 4.41. The molecular formula is C17H19ClN2O2. The highest BCUT2D eigenvalue weighted by atomic mass is 35.5. The van der Waals surface area contributed by atoms with E-state index in [4.69, 9.17) is 11.6 Å². The molecule has 0 saturated heterocycles. The fourth-order valence-electron chi connectivity index (χ4n) is 3.11. The Hall–Kier alpha value is -1.81. The molecule has 3 rings (SSSR count). The summed E-state index contributed by atoms with van der Waals surface area (Å²) in [6, 6.07) is 5.30. The minimum Gasteiger partial charge on any atom is -0.309 e. The second-order valence-electron chi connectivity index (χ2n) is 6.01. The van der Waals surface area contributed by atoms with Crippen molar-refractivity contribution in [2.75, 3.05) is 0 Å². The average molecular weight is 319 g/mol. The number of hydrogen-bond acceptors (Lipinski definition) is 2. The second-order valence-corrected chi connectivity index (χ2v) is 6.42. The first kappa shape index (κ1) is 15.1. The zero-order valence-corrected chi connectivity index (χ0v) is 13.3. The van der Waals surface area contributed by atoms with Crippen LogP contribution in [-0.2, 0) is 6.54 Å². The van der Waals surface area contributed by atoms with Crippen LogP contribution in [0.5, 0.6) is 0 Å². The zero-order valence-electron chi connectivity index (χ0n) is 12.6. The fourth-order valence-corrected chi connectivity index (χ4v) is 3.22. The van der Waals surface area contributed by atoms with E-state index in [1.165, 1.54) is 17.4 Å². The highest BCUT2D eigenvalue weighted by Gasteiger charge is 2.17. The Morgan fingerprint density at radius 2 is 1.86 bits per heavy atom. The number of aromatic nitrogens is 2. The molecule has 22 heavy (non-hydrogen) atoms. The third-order valence-corrected chi connectivity index (χ3v) is 4.83. The van der Waals surface area contributed by atoms with Gasteiger partial charge in [0.25, 0.3) is 0 Å². The van der Waals surface area contributed by atoms with Gasteiger partial charge in [0.15, 0.2) is 0 Å². The van der Waals surface area contributed by atoms with E-state index in [2.05, 4.69) is 0 Å². The predicted molar refractivity (Wildman–Crippen MR) is 88.0 cm³/mol. The van der Waals surface area contributed by atoms with Crippen molar-refractivity contribution in [1.82, 2.24) is 9.13 Å². The Morgan fingerprint density at radius 1 is 1.14 bits per heavy atom. The van der Waals surface area contributed by atoms with Gasteiger partial charge in [-0.15, -0.1) is 0 Å². The van der Waals surface area contributed by atoms with E-state index in [9.17, 15) is 9.59 Å². The third kappa shape index (κ3) is 2.88. The molecule has 2 aromatic rings. The molecule has 1 fully saturated rings. The van der Waals surface area contributed by atoms with Crippen molar-refractivity contribution < 1.29 is 0 Å². The summed E-state index contributed by atoms with van der Waals surface area (Å²) >= 11 is 6.01. The normalized spacial score (nSPS) is 15.4. The Morgan fingerprint density at radius 3 is 2.55 bits per heavy atom. The van der Waals surface area contributed by atoms with Gasteiger partial charge in [-0.25, -0.2) is 0 Å². The summed E-state index contributed by atoms with van der Waals surface area (Å²) in [5.74, 6) is 0.519. The topological polar surface area (TPSA) is 44.0 Å². The molecule has 1 aliphatic rings. The summed E-state index contributed by atoms with van der Waals surface area (Å²) in [5.41, 5.74) is 0.572. The minimum atomic E-state index is -0.512.